The van der Waals surface area contributed by atoms with Crippen LogP contribution in [0.15, 0.2) is 18.2 Å². The van der Waals surface area contributed by atoms with Crippen LogP contribution in [0.2, 0.25) is 0 Å². The summed E-state index contributed by atoms with van der Waals surface area (Å²) >= 11 is 1.45. The van der Waals surface area contributed by atoms with Crippen LogP contribution in [0.3, 0.4) is 0 Å². The van der Waals surface area contributed by atoms with Crippen LogP contribution in [-0.2, 0) is 17.6 Å². The summed E-state index contributed by atoms with van der Waals surface area (Å²) in [5.41, 5.74) is 1.99. The van der Waals surface area contributed by atoms with Crippen LogP contribution < -0.4 is 9.47 Å². The van der Waals surface area contributed by atoms with E-state index in [1.807, 2.05) is 25.1 Å². The molecule has 1 aromatic heterocycles. The van der Waals surface area contributed by atoms with Crippen molar-refractivity contribution in [3.05, 3.63) is 39.3 Å². The third kappa shape index (κ3) is 2.60. The van der Waals surface area contributed by atoms with Crippen molar-refractivity contribution in [1.29, 1.82) is 0 Å². The van der Waals surface area contributed by atoms with Gasteiger partial charge in [-0.1, -0.05) is 6.07 Å². The molecule has 104 valence electrons. The Balaban J connectivity index is 1.80. The number of ether oxygens (including phenoxy) is 2. The maximum atomic E-state index is 10.7. The molecule has 0 aliphatic carbocycles. The van der Waals surface area contributed by atoms with Gasteiger partial charge in [0.2, 0.25) is 6.79 Å². The molecule has 20 heavy (non-hydrogen) atoms. The second kappa shape index (κ2) is 5.13. The Morgan fingerprint density at radius 3 is 3.00 bits per heavy atom. The first-order valence-electron chi connectivity index (χ1n) is 6.17. The van der Waals surface area contributed by atoms with Gasteiger partial charge in [-0.2, -0.15) is 0 Å². The molecule has 2 aromatic rings. The fraction of sp³-hybridized carbons (Fsp3) is 0.286. The first-order chi connectivity index (χ1) is 9.61. The van der Waals surface area contributed by atoms with Gasteiger partial charge < -0.3 is 14.6 Å². The number of carbonyl (C=O) groups is 1. The van der Waals surface area contributed by atoms with E-state index in [2.05, 4.69) is 4.98 Å². The monoisotopic (exact) mass is 291 g/mol. The topological polar surface area (TPSA) is 68.7 Å². The number of carboxylic acids is 1. The minimum Gasteiger partial charge on any atom is -0.481 e. The van der Waals surface area contributed by atoms with Gasteiger partial charge in [-0.05, 0) is 24.6 Å². The van der Waals surface area contributed by atoms with Crippen molar-refractivity contribution in [2.24, 2.45) is 0 Å². The Kier molecular flexibility index (Phi) is 3.31. The number of thiazole rings is 1. The summed E-state index contributed by atoms with van der Waals surface area (Å²) in [6, 6.07) is 5.84. The predicted octanol–water partition coefficient (Wildman–Crippen LogP) is 2.40. The number of benzene rings is 1. The molecule has 0 saturated carbocycles. The molecule has 0 radical (unpaired) electrons. The lowest BCUT2D eigenvalue weighted by atomic mass is 10.1. The summed E-state index contributed by atoms with van der Waals surface area (Å²) in [4.78, 5) is 16.1. The summed E-state index contributed by atoms with van der Waals surface area (Å²) in [5, 5.41) is 9.44. The van der Waals surface area contributed by atoms with Crippen LogP contribution in [-0.4, -0.2) is 22.9 Å². The first kappa shape index (κ1) is 12.9. The lowest BCUT2D eigenvalue weighted by Crippen LogP contribution is -1.98. The van der Waals surface area contributed by atoms with Crippen LogP contribution in [0, 0.1) is 6.92 Å². The Morgan fingerprint density at radius 2 is 2.20 bits per heavy atom. The van der Waals surface area contributed by atoms with Crippen LogP contribution in [0.5, 0.6) is 11.5 Å². The van der Waals surface area contributed by atoms with E-state index >= 15 is 0 Å². The number of rotatable bonds is 4. The maximum absolute atomic E-state index is 10.7. The SMILES string of the molecule is Cc1nc(CC(=O)O)sc1Cc1ccc2c(c1)OCO2. The average Bonchev–Trinajstić information content (AvgIpc) is 2.96. The second-order valence-corrected chi connectivity index (χ2v) is 5.72. The number of aryl methyl sites for hydroxylation is 1. The van der Waals surface area contributed by atoms with Crippen molar-refractivity contribution in [3.63, 3.8) is 0 Å². The fourth-order valence-corrected chi connectivity index (χ4v) is 3.19. The van der Waals surface area contributed by atoms with Gasteiger partial charge in [0, 0.05) is 11.3 Å². The molecule has 1 aliphatic rings. The second-order valence-electron chi connectivity index (χ2n) is 4.55. The molecule has 2 heterocycles. The van der Waals surface area contributed by atoms with E-state index in [1.54, 1.807) is 0 Å². The standard InChI is InChI=1S/C14H13NO4S/c1-8-12(20-13(15-8)6-14(16)17)5-9-2-3-10-11(4-9)19-7-18-10/h2-4H,5-7H2,1H3,(H,16,17). The molecule has 1 aromatic carbocycles. The summed E-state index contributed by atoms with van der Waals surface area (Å²) in [6.07, 6.45) is 0.701. The van der Waals surface area contributed by atoms with Gasteiger partial charge in [-0.25, -0.2) is 4.98 Å². The Bertz CT molecular complexity index is 665. The van der Waals surface area contributed by atoms with Gasteiger partial charge in [-0.3, -0.25) is 4.79 Å². The number of carboxylic acid groups (broad SMARTS) is 1. The lowest BCUT2D eigenvalue weighted by molar-refractivity contribution is -0.136. The molecule has 5 nitrogen and oxygen atoms in total. The molecular weight excluding hydrogens is 278 g/mol. The highest BCUT2D eigenvalue weighted by Gasteiger charge is 2.15. The van der Waals surface area contributed by atoms with E-state index in [9.17, 15) is 4.79 Å². The third-order valence-electron chi connectivity index (χ3n) is 3.04. The molecule has 0 amide bonds. The first-order valence-corrected chi connectivity index (χ1v) is 6.99. The molecule has 0 atom stereocenters. The van der Waals surface area contributed by atoms with E-state index in [0.717, 1.165) is 34.1 Å². The van der Waals surface area contributed by atoms with E-state index in [1.165, 1.54) is 11.3 Å². The zero-order valence-corrected chi connectivity index (χ0v) is 11.7. The zero-order chi connectivity index (χ0) is 14.1. The van der Waals surface area contributed by atoms with Gasteiger partial charge in [0.05, 0.1) is 12.1 Å². The largest absolute Gasteiger partial charge is 0.481 e. The van der Waals surface area contributed by atoms with Gasteiger partial charge in [0.25, 0.3) is 0 Å². The van der Waals surface area contributed by atoms with Crippen molar-refractivity contribution >= 4 is 17.3 Å². The minimum atomic E-state index is -0.853. The van der Waals surface area contributed by atoms with Crippen LogP contribution in [0.25, 0.3) is 0 Å². The fourth-order valence-electron chi connectivity index (χ4n) is 2.09. The number of aliphatic carboxylic acids is 1. The Morgan fingerprint density at radius 1 is 1.40 bits per heavy atom. The molecule has 0 unspecified atom stereocenters. The number of hydrogen-bond donors (Lipinski definition) is 1. The quantitative estimate of drug-likeness (QED) is 0.936. The van der Waals surface area contributed by atoms with Crippen molar-refractivity contribution in [3.8, 4) is 11.5 Å². The van der Waals surface area contributed by atoms with Crippen LogP contribution >= 0.6 is 11.3 Å². The highest BCUT2D eigenvalue weighted by Crippen LogP contribution is 2.33. The summed E-state index contributed by atoms with van der Waals surface area (Å²) in [5.74, 6) is 0.671. The summed E-state index contributed by atoms with van der Waals surface area (Å²) in [6.45, 7) is 2.17. The van der Waals surface area contributed by atoms with Crippen molar-refractivity contribution in [2.45, 2.75) is 19.8 Å². The molecule has 0 bridgehead atoms. The number of fused-ring (bicyclic) bond motifs is 1. The highest BCUT2D eigenvalue weighted by molar-refractivity contribution is 7.11. The lowest BCUT2D eigenvalue weighted by Gasteiger charge is -2.02. The van der Waals surface area contributed by atoms with Gasteiger partial charge in [0.1, 0.15) is 5.01 Å². The molecule has 0 saturated heterocycles. The number of aromatic nitrogens is 1. The Labute approximate surface area is 119 Å². The van der Waals surface area contributed by atoms with Crippen molar-refractivity contribution in [2.75, 3.05) is 6.79 Å². The average molecular weight is 291 g/mol. The highest BCUT2D eigenvalue weighted by atomic mass is 32.1. The van der Waals surface area contributed by atoms with Crippen molar-refractivity contribution < 1.29 is 19.4 Å². The molecule has 6 heteroatoms. The zero-order valence-electron chi connectivity index (χ0n) is 10.9. The number of nitrogens with zero attached hydrogens (tertiary/aromatic N) is 1. The van der Waals surface area contributed by atoms with Crippen molar-refractivity contribution in [1.82, 2.24) is 4.98 Å². The van der Waals surface area contributed by atoms with Gasteiger partial charge >= 0.3 is 5.97 Å². The molecule has 1 aliphatic heterocycles. The third-order valence-corrected chi connectivity index (χ3v) is 4.20. The Hall–Kier alpha value is -2.08. The van der Waals surface area contributed by atoms with Gasteiger partial charge in [0.15, 0.2) is 11.5 Å². The molecule has 0 spiro atoms. The maximum Gasteiger partial charge on any atom is 0.310 e. The van der Waals surface area contributed by atoms with Crippen LogP contribution in [0.1, 0.15) is 21.1 Å². The van der Waals surface area contributed by atoms with E-state index in [4.69, 9.17) is 14.6 Å². The van der Waals surface area contributed by atoms with Gasteiger partial charge in [-0.15, -0.1) is 11.3 Å². The van der Waals surface area contributed by atoms with E-state index < -0.39 is 5.97 Å². The molecule has 1 N–H and O–H groups in total. The minimum absolute atomic E-state index is 0.0212. The molecule has 0 fully saturated rings. The predicted molar refractivity (Wildman–Crippen MR) is 73.6 cm³/mol. The molecule has 3 rings (SSSR count). The number of hydrogen-bond acceptors (Lipinski definition) is 5. The van der Waals surface area contributed by atoms with E-state index in [-0.39, 0.29) is 13.2 Å². The summed E-state index contributed by atoms with van der Waals surface area (Å²) in [7, 11) is 0. The van der Waals surface area contributed by atoms with Crippen LogP contribution in [0.4, 0.5) is 0 Å². The normalized spacial score (nSPS) is 12.7. The van der Waals surface area contributed by atoms with E-state index in [0.29, 0.717) is 5.01 Å². The smallest absolute Gasteiger partial charge is 0.310 e. The molecular formula is C14H13NO4S. The summed E-state index contributed by atoms with van der Waals surface area (Å²) < 4.78 is 10.6.